The van der Waals surface area contributed by atoms with Crippen molar-refractivity contribution in [2.45, 2.75) is 52.4 Å². The van der Waals surface area contributed by atoms with Gasteiger partial charge < -0.3 is 0 Å². The van der Waals surface area contributed by atoms with E-state index in [1.807, 2.05) is 60.7 Å². The zero-order valence-corrected chi connectivity index (χ0v) is 21.9. The molecule has 1 heterocycles. The molecular weight excluding hydrogens is 438 g/mol. The summed E-state index contributed by atoms with van der Waals surface area (Å²) in [5.41, 5.74) is 6.33. The summed E-state index contributed by atoms with van der Waals surface area (Å²) in [5, 5.41) is 0. The molecule has 0 saturated carbocycles. The highest BCUT2D eigenvalue weighted by atomic mass is 16.1. The summed E-state index contributed by atoms with van der Waals surface area (Å²) >= 11 is 0. The van der Waals surface area contributed by atoms with E-state index < -0.39 is 0 Å². The molecule has 3 aromatic carbocycles. The summed E-state index contributed by atoms with van der Waals surface area (Å²) in [7, 11) is 0. The smallest absolute Gasteiger partial charge is 0.193 e. The number of ketones is 1. The van der Waals surface area contributed by atoms with Crippen LogP contribution in [0, 0.1) is 0 Å². The van der Waals surface area contributed by atoms with Crippen LogP contribution in [0.25, 0.3) is 12.2 Å². The summed E-state index contributed by atoms with van der Waals surface area (Å²) in [6.45, 7) is 8.86. The lowest BCUT2D eigenvalue weighted by Crippen LogP contribution is -2.02. The maximum atomic E-state index is 12.7. The molecule has 2 unspecified atom stereocenters. The SMILES string of the molecule is CCC(C)c1ccc(C(=O)c2ccc(C=Cc3ccncc3)cc2)cc1.CCC(C)c1ccccc1. The van der Waals surface area contributed by atoms with Crippen LogP contribution in [0.4, 0.5) is 0 Å². The molecule has 184 valence electrons. The van der Waals surface area contributed by atoms with E-state index in [0.717, 1.165) is 23.1 Å². The van der Waals surface area contributed by atoms with Gasteiger partial charge in [0.25, 0.3) is 0 Å². The van der Waals surface area contributed by atoms with Crippen LogP contribution in [0.1, 0.15) is 90.5 Å². The Morgan fingerprint density at radius 3 is 1.58 bits per heavy atom. The number of nitrogens with zero attached hydrogens (tertiary/aromatic N) is 1. The van der Waals surface area contributed by atoms with Crippen LogP contribution in [0.5, 0.6) is 0 Å². The van der Waals surface area contributed by atoms with Crippen LogP contribution in [0.15, 0.2) is 103 Å². The molecule has 0 spiro atoms. The highest BCUT2D eigenvalue weighted by Crippen LogP contribution is 2.20. The van der Waals surface area contributed by atoms with Crippen molar-refractivity contribution in [1.82, 2.24) is 4.98 Å². The third-order valence-corrected chi connectivity index (χ3v) is 6.68. The lowest BCUT2D eigenvalue weighted by Gasteiger charge is -2.09. The molecule has 2 nitrogen and oxygen atoms in total. The maximum absolute atomic E-state index is 12.7. The van der Waals surface area contributed by atoms with Gasteiger partial charge in [-0.15, -0.1) is 0 Å². The van der Waals surface area contributed by atoms with Crippen molar-refractivity contribution in [3.05, 3.63) is 137 Å². The average molecular weight is 476 g/mol. The van der Waals surface area contributed by atoms with Gasteiger partial charge in [0.05, 0.1) is 0 Å². The van der Waals surface area contributed by atoms with Crippen LogP contribution in [0.3, 0.4) is 0 Å². The largest absolute Gasteiger partial charge is 0.289 e. The Labute approximate surface area is 216 Å². The van der Waals surface area contributed by atoms with Gasteiger partial charge in [0.2, 0.25) is 0 Å². The van der Waals surface area contributed by atoms with E-state index in [1.165, 1.54) is 17.5 Å². The molecule has 0 saturated heterocycles. The quantitative estimate of drug-likeness (QED) is 0.238. The van der Waals surface area contributed by atoms with Gasteiger partial charge in [0.1, 0.15) is 0 Å². The molecular formula is C34H37NO. The Morgan fingerprint density at radius 1 is 0.639 bits per heavy atom. The number of hydrogen-bond donors (Lipinski definition) is 0. The van der Waals surface area contributed by atoms with Crippen molar-refractivity contribution in [2.24, 2.45) is 0 Å². The fourth-order valence-corrected chi connectivity index (χ4v) is 3.80. The van der Waals surface area contributed by atoms with E-state index >= 15 is 0 Å². The molecule has 0 aliphatic carbocycles. The maximum Gasteiger partial charge on any atom is 0.193 e. The van der Waals surface area contributed by atoms with Gasteiger partial charge in [-0.25, -0.2) is 0 Å². The number of carbonyl (C=O) groups is 1. The van der Waals surface area contributed by atoms with E-state index in [4.69, 9.17) is 0 Å². The van der Waals surface area contributed by atoms with Crippen LogP contribution in [0.2, 0.25) is 0 Å². The lowest BCUT2D eigenvalue weighted by atomic mass is 9.95. The van der Waals surface area contributed by atoms with Crippen molar-refractivity contribution in [1.29, 1.82) is 0 Å². The van der Waals surface area contributed by atoms with Crippen molar-refractivity contribution in [3.63, 3.8) is 0 Å². The Morgan fingerprint density at radius 2 is 1.08 bits per heavy atom. The highest BCUT2D eigenvalue weighted by molar-refractivity contribution is 6.09. The monoisotopic (exact) mass is 475 g/mol. The van der Waals surface area contributed by atoms with E-state index in [9.17, 15) is 4.79 Å². The van der Waals surface area contributed by atoms with E-state index in [1.54, 1.807) is 12.4 Å². The number of carbonyl (C=O) groups excluding carboxylic acids is 1. The predicted molar refractivity (Wildman–Crippen MR) is 153 cm³/mol. The number of hydrogen-bond acceptors (Lipinski definition) is 2. The van der Waals surface area contributed by atoms with Crippen LogP contribution in [-0.2, 0) is 0 Å². The van der Waals surface area contributed by atoms with Gasteiger partial charge >= 0.3 is 0 Å². The molecule has 4 aromatic rings. The number of benzene rings is 3. The van der Waals surface area contributed by atoms with Crippen molar-refractivity contribution in [2.75, 3.05) is 0 Å². The Hall–Kier alpha value is -3.78. The second-order valence-corrected chi connectivity index (χ2v) is 9.22. The van der Waals surface area contributed by atoms with E-state index in [2.05, 4.69) is 75.1 Å². The first-order valence-corrected chi connectivity index (χ1v) is 12.9. The third-order valence-electron chi connectivity index (χ3n) is 6.68. The van der Waals surface area contributed by atoms with Crippen molar-refractivity contribution >= 4 is 17.9 Å². The molecule has 2 heteroatoms. The Kier molecular flexibility index (Phi) is 10.4. The van der Waals surface area contributed by atoms with Gasteiger partial charge in [0, 0.05) is 23.5 Å². The zero-order valence-electron chi connectivity index (χ0n) is 21.9. The molecule has 0 radical (unpaired) electrons. The molecule has 1 aromatic heterocycles. The van der Waals surface area contributed by atoms with E-state index in [0.29, 0.717) is 17.4 Å². The topological polar surface area (TPSA) is 30.0 Å². The second-order valence-electron chi connectivity index (χ2n) is 9.22. The fraction of sp³-hybridized carbons (Fsp3) is 0.235. The predicted octanol–water partition coefficient (Wildman–Crippen LogP) is 9.20. The molecule has 0 amide bonds. The molecule has 0 aliphatic rings. The van der Waals surface area contributed by atoms with Gasteiger partial charge in [-0.2, -0.15) is 0 Å². The molecule has 0 aliphatic heterocycles. The molecule has 0 N–H and O–H groups in total. The van der Waals surface area contributed by atoms with E-state index in [-0.39, 0.29) is 5.78 Å². The molecule has 0 bridgehead atoms. The van der Waals surface area contributed by atoms with Crippen molar-refractivity contribution < 1.29 is 4.79 Å². The third kappa shape index (κ3) is 7.88. The minimum atomic E-state index is 0.0605. The van der Waals surface area contributed by atoms with Crippen molar-refractivity contribution in [3.8, 4) is 0 Å². The molecule has 2 atom stereocenters. The Balaban J connectivity index is 0.000000303. The Bertz CT molecular complexity index is 1210. The van der Waals surface area contributed by atoms with Gasteiger partial charge in [-0.3, -0.25) is 9.78 Å². The summed E-state index contributed by atoms with van der Waals surface area (Å²) in [4.78, 5) is 16.7. The average Bonchev–Trinajstić information content (AvgIpc) is 2.96. The molecule has 4 rings (SSSR count). The number of rotatable bonds is 8. The second kappa shape index (κ2) is 13.9. The van der Waals surface area contributed by atoms with Gasteiger partial charge in [-0.05, 0) is 59.1 Å². The first-order chi connectivity index (χ1) is 17.5. The first-order valence-electron chi connectivity index (χ1n) is 12.9. The molecule has 36 heavy (non-hydrogen) atoms. The summed E-state index contributed by atoms with van der Waals surface area (Å²) < 4.78 is 0. The molecule has 0 fully saturated rings. The van der Waals surface area contributed by atoms with Crippen LogP contribution in [-0.4, -0.2) is 10.8 Å². The van der Waals surface area contributed by atoms with Crippen LogP contribution >= 0.6 is 0 Å². The normalized spacial score (nSPS) is 12.4. The minimum Gasteiger partial charge on any atom is -0.289 e. The summed E-state index contributed by atoms with van der Waals surface area (Å²) in [6, 6.07) is 30.2. The first kappa shape index (κ1) is 26.8. The standard InChI is InChI=1S/C24H23NO.C10H14/c1-3-18(2)21-10-12-23(13-11-21)24(26)22-8-6-19(7-9-22)4-5-20-14-16-25-17-15-20;1-3-9(2)10-7-5-4-6-8-10/h4-18H,3H2,1-2H3;4-9H,3H2,1-2H3. The summed E-state index contributed by atoms with van der Waals surface area (Å²) in [5.74, 6) is 1.29. The fourth-order valence-electron chi connectivity index (χ4n) is 3.80. The number of pyridine rings is 1. The summed E-state index contributed by atoms with van der Waals surface area (Å²) in [6.07, 6.45) is 9.93. The van der Waals surface area contributed by atoms with Crippen LogP contribution < -0.4 is 0 Å². The van der Waals surface area contributed by atoms with Gasteiger partial charge in [-0.1, -0.05) is 119 Å². The zero-order chi connectivity index (χ0) is 25.8. The lowest BCUT2D eigenvalue weighted by molar-refractivity contribution is 0.103. The van der Waals surface area contributed by atoms with Gasteiger partial charge in [0.15, 0.2) is 5.78 Å². The minimum absolute atomic E-state index is 0.0605. The number of aromatic nitrogens is 1. The highest BCUT2D eigenvalue weighted by Gasteiger charge is 2.10.